The third kappa shape index (κ3) is 2.78. The maximum absolute atomic E-state index is 4.87. The highest BCUT2D eigenvalue weighted by Gasteiger charge is 2.16. The van der Waals surface area contributed by atoms with Crippen molar-refractivity contribution in [1.82, 2.24) is 9.97 Å². The number of rotatable bonds is 2. The van der Waals surface area contributed by atoms with Crippen LogP contribution in [0.2, 0.25) is 0 Å². The van der Waals surface area contributed by atoms with Crippen LogP contribution < -0.4 is 5.32 Å². The van der Waals surface area contributed by atoms with E-state index in [1.54, 1.807) is 0 Å². The van der Waals surface area contributed by atoms with Crippen molar-refractivity contribution in [2.45, 2.75) is 46.0 Å². The number of hydrogen-bond acceptors (Lipinski definition) is 3. The minimum absolute atomic E-state index is 0.850. The lowest BCUT2D eigenvalue weighted by Gasteiger charge is -2.13. The summed E-state index contributed by atoms with van der Waals surface area (Å²) in [4.78, 5) is 9.64. The van der Waals surface area contributed by atoms with E-state index in [-0.39, 0.29) is 0 Å². The summed E-state index contributed by atoms with van der Waals surface area (Å²) in [5.74, 6) is 1.86. The van der Waals surface area contributed by atoms with Gasteiger partial charge in [-0.1, -0.05) is 18.6 Å². The maximum atomic E-state index is 4.87. The molecule has 0 amide bonds. The molecule has 1 heterocycles. The fraction of sp³-hybridized carbons (Fsp3) is 0.444. The summed E-state index contributed by atoms with van der Waals surface area (Å²) >= 11 is 0. The highest BCUT2D eigenvalue weighted by molar-refractivity contribution is 5.61. The van der Waals surface area contributed by atoms with Gasteiger partial charge in [-0.25, -0.2) is 9.97 Å². The second-order valence-electron chi connectivity index (χ2n) is 5.93. The molecule has 3 nitrogen and oxygen atoms in total. The van der Waals surface area contributed by atoms with Gasteiger partial charge in [0.05, 0.1) is 0 Å². The average molecular weight is 281 g/mol. The van der Waals surface area contributed by atoms with E-state index in [0.29, 0.717) is 0 Å². The molecule has 0 spiro atoms. The van der Waals surface area contributed by atoms with Crippen LogP contribution in [0.3, 0.4) is 0 Å². The molecule has 21 heavy (non-hydrogen) atoms. The lowest BCUT2D eigenvalue weighted by atomic mass is 10.0. The minimum atomic E-state index is 0.850. The smallest absolute Gasteiger partial charge is 0.161 e. The lowest BCUT2D eigenvalue weighted by Crippen LogP contribution is -2.07. The van der Waals surface area contributed by atoms with Gasteiger partial charge in [0.1, 0.15) is 5.82 Å². The Morgan fingerprint density at radius 1 is 0.952 bits per heavy atom. The number of benzene rings is 1. The van der Waals surface area contributed by atoms with Crippen molar-refractivity contribution in [3.8, 4) is 11.4 Å². The summed E-state index contributed by atoms with van der Waals surface area (Å²) in [7, 11) is 1.96. The minimum Gasteiger partial charge on any atom is -0.373 e. The summed E-state index contributed by atoms with van der Waals surface area (Å²) in [6.07, 6.45) is 5.94. The number of aryl methyl sites for hydroxylation is 3. The van der Waals surface area contributed by atoms with Crippen LogP contribution in [0, 0.1) is 13.8 Å². The zero-order valence-electron chi connectivity index (χ0n) is 13.2. The van der Waals surface area contributed by atoms with Crippen molar-refractivity contribution in [2.75, 3.05) is 12.4 Å². The van der Waals surface area contributed by atoms with Crippen molar-refractivity contribution in [3.63, 3.8) is 0 Å². The second kappa shape index (κ2) is 5.84. The Balaban J connectivity index is 2.10. The van der Waals surface area contributed by atoms with E-state index < -0.39 is 0 Å². The topological polar surface area (TPSA) is 37.8 Å². The molecule has 3 rings (SSSR count). The molecule has 3 heteroatoms. The van der Waals surface area contributed by atoms with Gasteiger partial charge < -0.3 is 5.32 Å². The van der Waals surface area contributed by atoms with Gasteiger partial charge in [0.15, 0.2) is 5.82 Å². The zero-order chi connectivity index (χ0) is 14.8. The van der Waals surface area contributed by atoms with Crippen molar-refractivity contribution in [3.05, 3.63) is 40.6 Å². The molecule has 1 aliphatic carbocycles. The van der Waals surface area contributed by atoms with Gasteiger partial charge in [0.25, 0.3) is 0 Å². The standard InChI is InChI=1S/C18H23N3/c1-12-9-10-14(11-13(12)2)17-20-16-8-6-4-5-7-15(16)18(19-3)21-17/h9-11H,4-8H2,1-3H3,(H,19,20,21). The van der Waals surface area contributed by atoms with Crippen LogP contribution in [-0.2, 0) is 12.8 Å². The first-order chi connectivity index (χ1) is 10.2. The van der Waals surface area contributed by atoms with Gasteiger partial charge in [-0.05, 0) is 56.7 Å². The molecule has 1 N–H and O–H groups in total. The molecule has 0 radical (unpaired) electrons. The Bertz CT molecular complexity index is 662. The van der Waals surface area contributed by atoms with Crippen molar-refractivity contribution >= 4 is 5.82 Å². The Labute approximate surface area is 126 Å². The largest absolute Gasteiger partial charge is 0.373 e. The first-order valence-corrected chi connectivity index (χ1v) is 7.84. The SMILES string of the molecule is CNc1nc(-c2ccc(C)c(C)c2)nc2c1CCCCC2. The third-order valence-electron chi connectivity index (χ3n) is 4.44. The highest BCUT2D eigenvalue weighted by atomic mass is 15.0. The Morgan fingerprint density at radius 3 is 2.52 bits per heavy atom. The predicted octanol–water partition coefficient (Wildman–Crippen LogP) is 4.07. The van der Waals surface area contributed by atoms with Gasteiger partial charge in [-0.15, -0.1) is 0 Å². The highest BCUT2D eigenvalue weighted by Crippen LogP contribution is 2.28. The fourth-order valence-corrected chi connectivity index (χ4v) is 2.99. The fourth-order valence-electron chi connectivity index (χ4n) is 2.99. The number of hydrogen-bond donors (Lipinski definition) is 1. The number of nitrogens with zero attached hydrogens (tertiary/aromatic N) is 2. The molecule has 0 unspecified atom stereocenters. The van der Waals surface area contributed by atoms with Crippen molar-refractivity contribution in [2.24, 2.45) is 0 Å². The molecule has 0 bridgehead atoms. The van der Waals surface area contributed by atoms with Gasteiger partial charge >= 0.3 is 0 Å². The number of nitrogens with one attached hydrogen (secondary N) is 1. The average Bonchev–Trinajstić information content (AvgIpc) is 2.74. The van der Waals surface area contributed by atoms with Crippen LogP contribution in [-0.4, -0.2) is 17.0 Å². The van der Waals surface area contributed by atoms with E-state index in [1.165, 1.54) is 41.6 Å². The van der Waals surface area contributed by atoms with E-state index in [9.17, 15) is 0 Å². The second-order valence-corrected chi connectivity index (χ2v) is 5.93. The molecule has 110 valence electrons. The molecule has 0 fully saturated rings. The van der Waals surface area contributed by atoms with Gasteiger partial charge in [0.2, 0.25) is 0 Å². The summed E-state index contributed by atoms with van der Waals surface area (Å²) < 4.78 is 0. The molecular formula is C18H23N3. The Kier molecular flexibility index (Phi) is 3.91. The first kappa shape index (κ1) is 14.1. The number of anilines is 1. The number of fused-ring (bicyclic) bond motifs is 1. The Morgan fingerprint density at radius 2 is 1.76 bits per heavy atom. The normalized spacial score (nSPS) is 14.4. The summed E-state index contributed by atoms with van der Waals surface area (Å²) in [5.41, 5.74) is 6.27. The van der Waals surface area contributed by atoms with Gasteiger partial charge in [0, 0.05) is 23.9 Å². The zero-order valence-corrected chi connectivity index (χ0v) is 13.2. The maximum Gasteiger partial charge on any atom is 0.161 e. The first-order valence-electron chi connectivity index (χ1n) is 7.84. The lowest BCUT2D eigenvalue weighted by molar-refractivity contribution is 0.709. The van der Waals surface area contributed by atoms with E-state index >= 15 is 0 Å². The molecule has 0 atom stereocenters. The molecule has 0 saturated heterocycles. The molecule has 1 aromatic carbocycles. The molecule has 2 aromatic rings. The molecule has 1 aliphatic rings. The van der Waals surface area contributed by atoms with E-state index in [1.807, 2.05) is 7.05 Å². The third-order valence-corrected chi connectivity index (χ3v) is 4.44. The number of aromatic nitrogens is 2. The summed E-state index contributed by atoms with van der Waals surface area (Å²) in [6.45, 7) is 4.28. The van der Waals surface area contributed by atoms with Gasteiger partial charge in [-0.3, -0.25) is 0 Å². The summed E-state index contributed by atoms with van der Waals surface area (Å²) in [6, 6.07) is 6.46. The Hall–Kier alpha value is -1.90. The van der Waals surface area contributed by atoms with Crippen molar-refractivity contribution in [1.29, 1.82) is 0 Å². The molecular weight excluding hydrogens is 258 g/mol. The van der Waals surface area contributed by atoms with E-state index in [4.69, 9.17) is 9.97 Å². The molecule has 0 aliphatic heterocycles. The van der Waals surface area contributed by atoms with Crippen molar-refractivity contribution < 1.29 is 0 Å². The van der Waals surface area contributed by atoms with Crippen LogP contribution in [0.1, 0.15) is 41.6 Å². The van der Waals surface area contributed by atoms with E-state index in [2.05, 4.69) is 37.4 Å². The van der Waals surface area contributed by atoms with Crippen LogP contribution in [0.25, 0.3) is 11.4 Å². The predicted molar refractivity (Wildman–Crippen MR) is 87.7 cm³/mol. The quantitative estimate of drug-likeness (QED) is 0.843. The molecule has 0 saturated carbocycles. The van der Waals surface area contributed by atoms with E-state index in [0.717, 1.165) is 30.0 Å². The monoisotopic (exact) mass is 281 g/mol. The van der Waals surface area contributed by atoms with Crippen LogP contribution >= 0.6 is 0 Å². The molecule has 1 aromatic heterocycles. The van der Waals surface area contributed by atoms with Crippen LogP contribution in [0.15, 0.2) is 18.2 Å². The van der Waals surface area contributed by atoms with Crippen LogP contribution in [0.4, 0.5) is 5.82 Å². The van der Waals surface area contributed by atoms with Gasteiger partial charge in [-0.2, -0.15) is 0 Å². The summed E-state index contributed by atoms with van der Waals surface area (Å²) in [5, 5.41) is 3.27. The van der Waals surface area contributed by atoms with Crippen LogP contribution in [0.5, 0.6) is 0 Å².